The molecule has 4 heteroatoms. The highest BCUT2D eigenvalue weighted by Crippen LogP contribution is 2.12. The molecule has 1 rings (SSSR count). The maximum atomic E-state index is 11.4. The third kappa shape index (κ3) is 6.69. The topological polar surface area (TPSA) is 47.6 Å². The zero-order valence-corrected chi connectivity index (χ0v) is 12.4. The number of nitrogens with one attached hydrogen (secondary N) is 1. The second-order valence-corrected chi connectivity index (χ2v) is 5.12. The molecule has 1 N–H and O–H groups in total. The Morgan fingerprint density at radius 3 is 2.75 bits per heavy atom. The molecule has 0 unspecified atom stereocenters. The minimum absolute atomic E-state index is 0.244. The van der Waals surface area contributed by atoms with Crippen LogP contribution in [0.4, 0.5) is 4.79 Å². The summed E-state index contributed by atoms with van der Waals surface area (Å²) in [6, 6.07) is 7.52. The first-order chi connectivity index (χ1) is 9.40. The molecule has 0 aliphatic heterocycles. The third-order valence-electron chi connectivity index (χ3n) is 2.10. The van der Waals surface area contributed by atoms with Gasteiger partial charge < -0.3 is 14.8 Å². The van der Waals surface area contributed by atoms with Gasteiger partial charge in [0.05, 0.1) is 13.2 Å². The highest BCUT2D eigenvalue weighted by Gasteiger charge is 2.14. The summed E-state index contributed by atoms with van der Waals surface area (Å²) in [4.78, 5) is 11.4. The number of ether oxygens (including phenoxy) is 2. The van der Waals surface area contributed by atoms with E-state index in [2.05, 4.69) is 17.2 Å². The first-order valence-corrected chi connectivity index (χ1v) is 6.59. The van der Waals surface area contributed by atoms with Crippen molar-refractivity contribution in [1.82, 2.24) is 5.32 Å². The van der Waals surface area contributed by atoms with Crippen molar-refractivity contribution in [1.29, 1.82) is 0 Å². The zero-order valence-electron chi connectivity index (χ0n) is 12.4. The van der Waals surface area contributed by atoms with Gasteiger partial charge in [-0.25, -0.2) is 4.79 Å². The van der Waals surface area contributed by atoms with Crippen LogP contribution in [0.1, 0.15) is 33.3 Å². The Morgan fingerprint density at radius 1 is 1.35 bits per heavy atom. The SMILES string of the molecule is CCOc1cccc(C#CCNC(=O)OC(C)(C)C)c1. The summed E-state index contributed by atoms with van der Waals surface area (Å²) in [5.74, 6) is 6.62. The lowest BCUT2D eigenvalue weighted by molar-refractivity contribution is 0.0535. The van der Waals surface area contributed by atoms with Crippen LogP contribution < -0.4 is 10.1 Å². The molecule has 4 nitrogen and oxygen atoms in total. The normalized spacial score (nSPS) is 10.2. The molecule has 0 fully saturated rings. The van der Waals surface area contributed by atoms with Gasteiger partial charge in [0.1, 0.15) is 11.4 Å². The monoisotopic (exact) mass is 275 g/mol. The summed E-state index contributed by atoms with van der Waals surface area (Å²) in [5, 5.41) is 2.58. The van der Waals surface area contributed by atoms with Gasteiger partial charge in [0.2, 0.25) is 0 Å². The Hall–Kier alpha value is -2.15. The van der Waals surface area contributed by atoms with Gasteiger partial charge in [-0.05, 0) is 45.9 Å². The Bertz CT molecular complexity index is 506. The van der Waals surface area contributed by atoms with Gasteiger partial charge in [0.15, 0.2) is 0 Å². The zero-order chi connectivity index (χ0) is 15.0. The van der Waals surface area contributed by atoms with E-state index in [1.54, 1.807) is 0 Å². The van der Waals surface area contributed by atoms with Gasteiger partial charge in [-0.3, -0.25) is 0 Å². The highest BCUT2D eigenvalue weighted by atomic mass is 16.6. The van der Waals surface area contributed by atoms with Gasteiger partial charge in [0, 0.05) is 5.56 Å². The van der Waals surface area contributed by atoms with E-state index in [0.717, 1.165) is 11.3 Å². The van der Waals surface area contributed by atoms with E-state index in [-0.39, 0.29) is 6.54 Å². The average molecular weight is 275 g/mol. The molecule has 1 aromatic rings. The van der Waals surface area contributed by atoms with Crippen LogP contribution in [0.5, 0.6) is 5.75 Å². The first kappa shape index (κ1) is 15.9. The summed E-state index contributed by atoms with van der Waals surface area (Å²) in [7, 11) is 0. The quantitative estimate of drug-likeness (QED) is 0.863. The molecule has 0 bridgehead atoms. The smallest absolute Gasteiger partial charge is 0.408 e. The fraction of sp³-hybridized carbons (Fsp3) is 0.438. The van der Waals surface area contributed by atoms with Crippen LogP contribution in [0.25, 0.3) is 0 Å². The second-order valence-electron chi connectivity index (χ2n) is 5.12. The van der Waals surface area contributed by atoms with Gasteiger partial charge in [-0.15, -0.1) is 0 Å². The number of carbonyl (C=O) groups is 1. The number of carbonyl (C=O) groups excluding carboxylic acids is 1. The molecule has 20 heavy (non-hydrogen) atoms. The predicted molar refractivity (Wildman–Crippen MR) is 78.7 cm³/mol. The van der Waals surface area contributed by atoms with E-state index in [4.69, 9.17) is 9.47 Å². The Kier molecular flexibility index (Phi) is 5.92. The van der Waals surface area contributed by atoms with Crippen LogP contribution in [0.15, 0.2) is 24.3 Å². The van der Waals surface area contributed by atoms with Gasteiger partial charge >= 0.3 is 6.09 Å². The standard InChI is InChI=1S/C16H21NO3/c1-5-19-14-10-6-8-13(12-14)9-7-11-17-15(18)20-16(2,3)4/h6,8,10,12H,5,11H2,1-4H3,(H,17,18). The Balaban J connectivity index is 2.46. The van der Waals surface area contributed by atoms with Crippen LogP contribution in [0, 0.1) is 11.8 Å². The molecule has 0 aliphatic carbocycles. The lowest BCUT2D eigenvalue weighted by Crippen LogP contribution is -2.32. The summed E-state index contributed by atoms with van der Waals surface area (Å²) in [6.45, 7) is 8.25. The number of hydrogen-bond acceptors (Lipinski definition) is 3. The molecule has 1 aromatic carbocycles. The van der Waals surface area contributed by atoms with Crippen LogP contribution in [0.2, 0.25) is 0 Å². The lowest BCUT2D eigenvalue weighted by Gasteiger charge is -2.18. The molecule has 0 atom stereocenters. The van der Waals surface area contributed by atoms with Crippen molar-refractivity contribution >= 4 is 6.09 Å². The molecule has 1 amide bonds. The highest BCUT2D eigenvalue weighted by molar-refractivity contribution is 5.68. The van der Waals surface area contributed by atoms with E-state index >= 15 is 0 Å². The maximum absolute atomic E-state index is 11.4. The summed E-state index contributed by atoms with van der Waals surface area (Å²) in [6.07, 6.45) is -0.463. The average Bonchev–Trinajstić information content (AvgIpc) is 2.33. The van der Waals surface area contributed by atoms with Crippen LogP contribution in [0.3, 0.4) is 0 Å². The largest absolute Gasteiger partial charge is 0.494 e. The van der Waals surface area contributed by atoms with Crippen molar-refractivity contribution in [3.05, 3.63) is 29.8 Å². The molecule has 0 saturated carbocycles. The Morgan fingerprint density at radius 2 is 2.10 bits per heavy atom. The van der Waals surface area contributed by atoms with Crippen molar-refractivity contribution in [2.75, 3.05) is 13.2 Å². The molecule has 0 saturated heterocycles. The molecule has 108 valence electrons. The summed E-state index contributed by atoms with van der Waals surface area (Å²) >= 11 is 0. The fourth-order valence-electron chi connectivity index (χ4n) is 1.41. The summed E-state index contributed by atoms with van der Waals surface area (Å²) in [5.41, 5.74) is 0.352. The van der Waals surface area contributed by atoms with Crippen molar-refractivity contribution < 1.29 is 14.3 Å². The van der Waals surface area contributed by atoms with Gasteiger partial charge in [0.25, 0.3) is 0 Å². The molecule has 0 aromatic heterocycles. The van der Waals surface area contributed by atoms with E-state index in [1.165, 1.54) is 0 Å². The van der Waals surface area contributed by atoms with Crippen molar-refractivity contribution in [2.45, 2.75) is 33.3 Å². The van der Waals surface area contributed by atoms with Gasteiger partial charge in [-0.1, -0.05) is 17.9 Å². The molecule has 0 spiro atoms. The summed E-state index contributed by atoms with van der Waals surface area (Å²) < 4.78 is 10.5. The molecule has 0 heterocycles. The number of benzene rings is 1. The molecular formula is C16H21NO3. The predicted octanol–water partition coefficient (Wildman–Crippen LogP) is 2.96. The minimum atomic E-state index is -0.497. The third-order valence-corrected chi connectivity index (χ3v) is 2.10. The van der Waals surface area contributed by atoms with Crippen molar-refractivity contribution in [3.63, 3.8) is 0 Å². The van der Waals surface area contributed by atoms with Crippen molar-refractivity contribution in [2.24, 2.45) is 0 Å². The molecule has 0 aliphatic rings. The fourth-order valence-corrected chi connectivity index (χ4v) is 1.41. The number of amides is 1. The number of hydrogen-bond donors (Lipinski definition) is 1. The van der Waals surface area contributed by atoms with Gasteiger partial charge in [-0.2, -0.15) is 0 Å². The molecule has 0 radical (unpaired) electrons. The second kappa shape index (κ2) is 7.44. The van der Waals surface area contributed by atoms with E-state index in [1.807, 2.05) is 52.0 Å². The lowest BCUT2D eigenvalue weighted by atomic mass is 10.2. The first-order valence-electron chi connectivity index (χ1n) is 6.59. The van der Waals surface area contributed by atoms with E-state index < -0.39 is 11.7 Å². The van der Waals surface area contributed by atoms with Crippen molar-refractivity contribution in [3.8, 4) is 17.6 Å². The van der Waals surface area contributed by atoms with Crippen LogP contribution in [-0.4, -0.2) is 24.8 Å². The van der Waals surface area contributed by atoms with Crippen LogP contribution >= 0.6 is 0 Å². The van der Waals surface area contributed by atoms with E-state index in [0.29, 0.717) is 6.61 Å². The molecular weight excluding hydrogens is 254 g/mol. The minimum Gasteiger partial charge on any atom is -0.494 e. The van der Waals surface area contributed by atoms with E-state index in [9.17, 15) is 4.79 Å². The van der Waals surface area contributed by atoms with Crippen LogP contribution in [-0.2, 0) is 4.74 Å². The Labute approximate surface area is 120 Å². The number of rotatable bonds is 3. The number of alkyl carbamates (subject to hydrolysis) is 1. The maximum Gasteiger partial charge on any atom is 0.408 e.